The van der Waals surface area contributed by atoms with Crippen LogP contribution >= 0.6 is 0 Å². The van der Waals surface area contributed by atoms with E-state index in [-0.39, 0.29) is 19.5 Å². The van der Waals surface area contributed by atoms with E-state index in [0.29, 0.717) is 11.1 Å². The van der Waals surface area contributed by atoms with Gasteiger partial charge in [-0.2, -0.15) is 26.3 Å². The molecule has 106 valence electrons. The lowest BCUT2D eigenvalue weighted by Crippen LogP contribution is -2.38. The zero-order chi connectivity index (χ0) is 14.3. The van der Waals surface area contributed by atoms with Gasteiger partial charge in [0.25, 0.3) is 0 Å². The van der Waals surface area contributed by atoms with Crippen LogP contribution in [-0.4, -0.2) is 24.2 Å². The standard InChI is InChI=1S/C12H11F6N/c13-11(14,15)7-19-4-3-8-5-10(12(16,17)18)2-1-9(8)6-19/h1-2,5H,3-4,6-7H2. The smallest absolute Gasteiger partial charge is 0.290 e. The number of hydrogen-bond acceptors (Lipinski definition) is 1. The molecule has 0 fully saturated rings. The predicted octanol–water partition coefficient (Wildman–Crippen LogP) is 3.63. The van der Waals surface area contributed by atoms with Gasteiger partial charge in [-0.1, -0.05) is 6.07 Å². The molecule has 0 atom stereocenters. The van der Waals surface area contributed by atoms with Gasteiger partial charge in [0.15, 0.2) is 0 Å². The molecule has 0 bridgehead atoms. The molecule has 1 aliphatic heterocycles. The minimum atomic E-state index is -4.42. The van der Waals surface area contributed by atoms with Gasteiger partial charge in [0.05, 0.1) is 12.1 Å². The van der Waals surface area contributed by atoms with Gasteiger partial charge in [-0.25, -0.2) is 0 Å². The molecule has 1 nitrogen and oxygen atoms in total. The maximum absolute atomic E-state index is 12.5. The van der Waals surface area contributed by atoms with Gasteiger partial charge in [0.2, 0.25) is 0 Å². The average molecular weight is 283 g/mol. The molecule has 0 unspecified atom stereocenters. The van der Waals surface area contributed by atoms with Crippen molar-refractivity contribution >= 4 is 0 Å². The minimum Gasteiger partial charge on any atom is -0.290 e. The summed E-state index contributed by atoms with van der Waals surface area (Å²) >= 11 is 0. The van der Waals surface area contributed by atoms with Gasteiger partial charge < -0.3 is 0 Å². The van der Waals surface area contributed by atoms with Gasteiger partial charge in [-0.05, 0) is 29.7 Å². The molecule has 1 aromatic carbocycles. The highest BCUT2D eigenvalue weighted by Crippen LogP contribution is 2.32. The number of fused-ring (bicyclic) bond motifs is 1. The zero-order valence-electron chi connectivity index (χ0n) is 9.78. The highest BCUT2D eigenvalue weighted by Gasteiger charge is 2.34. The van der Waals surface area contributed by atoms with Crippen LogP contribution in [0.2, 0.25) is 0 Å². The molecular weight excluding hydrogens is 272 g/mol. The van der Waals surface area contributed by atoms with Gasteiger partial charge >= 0.3 is 12.4 Å². The Morgan fingerprint density at radius 2 is 1.68 bits per heavy atom. The first-order chi connectivity index (χ1) is 8.65. The number of benzene rings is 1. The summed E-state index contributed by atoms with van der Waals surface area (Å²) in [5.41, 5.74) is 0.257. The Labute approximate surface area is 105 Å². The molecule has 0 radical (unpaired) electrons. The van der Waals surface area contributed by atoms with Crippen molar-refractivity contribution in [1.82, 2.24) is 4.90 Å². The first kappa shape index (κ1) is 14.2. The fourth-order valence-electron chi connectivity index (χ4n) is 2.18. The molecule has 0 amide bonds. The Balaban J connectivity index is 2.15. The van der Waals surface area contributed by atoms with Gasteiger partial charge in [0.1, 0.15) is 0 Å². The average Bonchev–Trinajstić information content (AvgIpc) is 2.24. The van der Waals surface area contributed by atoms with Crippen LogP contribution in [0, 0.1) is 0 Å². The van der Waals surface area contributed by atoms with E-state index in [4.69, 9.17) is 0 Å². The first-order valence-electron chi connectivity index (χ1n) is 5.63. The normalized spacial score (nSPS) is 17.4. The van der Waals surface area contributed by atoms with Crippen LogP contribution in [0.3, 0.4) is 0 Å². The fourth-order valence-corrected chi connectivity index (χ4v) is 2.18. The van der Waals surface area contributed by atoms with Crippen molar-refractivity contribution in [3.05, 3.63) is 34.9 Å². The monoisotopic (exact) mass is 283 g/mol. The van der Waals surface area contributed by atoms with Crippen LogP contribution in [0.4, 0.5) is 26.3 Å². The largest absolute Gasteiger partial charge is 0.416 e. The Bertz CT molecular complexity index is 462. The second kappa shape index (κ2) is 4.70. The van der Waals surface area contributed by atoms with Crippen molar-refractivity contribution in [1.29, 1.82) is 0 Å². The summed E-state index contributed by atoms with van der Waals surface area (Å²) in [6.07, 6.45) is -8.50. The molecule has 1 heterocycles. The quantitative estimate of drug-likeness (QED) is 0.711. The van der Waals surface area contributed by atoms with Gasteiger partial charge in [0, 0.05) is 13.1 Å². The Morgan fingerprint density at radius 1 is 1.00 bits per heavy atom. The third kappa shape index (κ3) is 3.62. The molecule has 1 aliphatic rings. The summed E-state index contributed by atoms with van der Waals surface area (Å²) in [5.74, 6) is 0. The summed E-state index contributed by atoms with van der Waals surface area (Å²) in [6, 6.07) is 3.21. The van der Waals surface area contributed by atoms with Gasteiger partial charge in [-0.3, -0.25) is 4.90 Å². The third-order valence-corrected chi connectivity index (χ3v) is 3.03. The number of rotatable bonds is 1. The molecule has 0 aliphatic carbocycles. The number of hydrogen-bond donors (Lipinski definition) is 0. The highest BCUT2D eigenvalue weighted by atomic mass is 19.4. The maximum atomic E-state index is 12.5. The number of halogens is 6. The van der Waals surface area contributed by atoms with Crippen molar-refractivity contribution in [2.24, 2.45) is 0 Å². The van der Waals surface area contributed by atoms with E-state index in [0.717, 1.165) is 12.1 Å². The molecule has 7 heteroatoms. The van der Waals surface area contributed by atoms with Crippen molar-refractivity contribution in [3.63, 3.8) is 0 Å². The highest BCUT2D eigenvalue weighted by molar-refractivity contribution is 5.35. The number of nitrogens with zero attached hydrogens (tertiary/aromatic N) is 1. The second-order valence-corrected chi connectivity index (χ2v) is 4.56. The Kier molecular flexibility index (Phi) is 3.51. The molecule has 0 saturated heterocycles. The van der Waals surface area contributed by atoms with Crippen LogP contribution in [0.15, 0.2) is 18.2 Å². The van der Waals surface area contributed by atoms with Crippen LogP contribution in [-0.2, 0) is 19.1 Å². The predicted molar refractivity (Wildman–Crippen MR) is 56.5 cm³/mol. The molecule has 1 aromatic rings. The molecule has 2 rings (SSSR count). The number of alkyl halides is 6. The van der Waals surface area contributed by atoms with E-state index in [1.54, 1.807) is 0 Å². The van der Waals surface area contributed by atoms with E-state index in [2.05, 4.69) is 0 Å². The van der Waals surface area contributed by atoms with Crippen molar-refractivity contribution in [2.45, 2.75) is 25.3 Å². The van der Waals surface area contributed by atoms with Gasteiger partial charge in [-0.15, -0.1) is 0 Å². The van der Waals surface area contributed by atoms with Crippen LogP contribution < -0.4 is 0 Å². The minimum absolute atomic E-state index is 0.0347. The van der Waals surface area contributed by atoms with E-state index >= 15 is 0 Å². The maximum Gasteiger partial charge on any atom is 0.416 e. The molecule has 0 aromatic heterocycles. The summed E-state index contributed by atoms with van der Waals surface area (Å²) in [4.78, 5) is 1.19. The lowest BCUT2D eigenvalue weighted by molar-refractivity contribution is -0.147. The Hall–Kier alpha value is -1.24. The fraction of sp³-hybridized carbons (Fsp3) is 0.500. The Morgan fingerprint density at radius 3 is 2.26 bits per heavy atom. The topological polar surface area (TPSA) is 3.24 Å². The van der Waals surface area contributed by atoms with Crippen molar-refractivity contribution in [3.8, 4) is 0 Å². The molecule has 19 heavy (non-hydrogen) atoms. The lowest BCUT2D eigenvalue weighted by atomic mass is 9.97. The van der Waals surface area contributed by atoms with Crippen molar-refractivity contribution in [2.75, 3.05) is 13.1 Å². The summed E-state index contributed by atoms with van der Waals surface area (Å²) in [5, 5.41) is 0. The molecule has 0 N–H and O–H groups in total. The second-order valence-electron chi connectivity index (χ2n) is 4.56. The van der Waals surface area contributed by atoms with E-state index in [1.807, 2.05) is 0 Å². The summed E-state index contributed by atoms with van der Waals surface area (Å²) in [6.45, 7) is -0.881. The lowest BCUT2D eigenvalue weighted by Gasteiger charge is -2.29. The first-order valence-corrected chi connectivity index (χ1v) is 5.63. The van der Waals surface area contributed by atoms with Crippen LogP contribution in [0.1, 0.15) is 16.7 Å². The van der Waals surface area contributed by atoms with E-state index in [9.17, 15) is 26.3 Å². The van der Waals surface area contributed by atoms with Crippen LogP contribution in [0.5, 0.6) is 0 Å². The van der Waals surface area contributed by atoms with Crippen molar-refractivity contribution < 1.29 is 26.3 Å². The SMILES string of the molecule is FC(F)(F)CN1CCc2cc(C(F)(F)F)ccc2C1. The van der Waals surface area contributed by atoms with Crippen LogP contribution in [0.25, 0.3) is 0 Å². The molecule has 0 spiro atoms. The van der Waals surface area contributed by atoms with E-state index in [1.165, 1.54) is 11.0 Å². The zero-order valence-corrected chi connectivity index (χ0v) is 9.78. The molecule has 0 saturated carbocycles. The third-order valence-electron chi connectivity index (χ3n) is 3.03. The summed E-state index contributed by atoms with van der Waals surface area (Å²) in [7, 11) is 0. The summed E-state index contributed by atoms with van der Waals surface area (Å²) < 4.78 is 74.2. The molecular formula is C12H11F6N. The van der Waals surface area contributed by atoms with E-state index < -0.39 is 24.5 Å².